The summed E-state index contributed by atoms with van der Waals surface area (Å²) in [5.74, 6) is -0.411. The van der Waals surface area contributed by atoms with Gasteiger partial charge in [-0.05, 0) is 33.1 Å². The van der Waals surface area contributed by atoms with E-state index < -0.39 is 5.97 Å². The maximum Gasteiger partial charge on any atom is 0.360 e. The Morgan fingerprint density at radius 2 is 2.39 bits per heavy atom. The van der Waals surface area contributed by atoms with Gasteiger partial charge in [-0.25, -0.2) is 9.48 Å². The molecule has 0 amide bonds. The monoisotopic (exact) mass is 253 g/mol. The first-order chi connectivity index (χ1) is 8.72. The van der Waals surface area contributed by atoms with Crippen molar-refractivity contribution >= 4 is 5.97 Å². The lowest BCUT2D eigenvalue weighted by molar-refractivity contribution is 0.00333. The fourth-order valence-electron chi connectivity index (χ4n) is 2.07. The lowest BCUT2D eigenvalue weighted by Gasteiger charge is -2.22. The van der Waals surface area contributed by atoms with Gasteiger partial charge in [-0.15, -0.1) is 5.10 Å². The zero-order chi connectivity index (χ0) is 13.0. The second-order valence-electron chi connectivity index (χ2n) is 4.41. The fourth-order valence-corrected chi connectivity index (χ4v) is 2.07. The van der Waals surface area contributed by atoms with E-state index in [4.69, 9.17) is 9.47 Å². The van der Waals surface area contributed by atoms with Crippen molar-refractivity contribution in [2.45, 2.75) is 45.8 Å². The number of carbonyl (C=O) groups excluding carboxylic acids is 1. The highest BCUT2D eigenvalue weighted by Crippen LogP contribution is 2.15. The van der Waals surface area contributed by atoms with Gasteiger partial charge in [0, 0.05) is 6.61 Å². The number of carbonyl (C=O) groups is 1. The summed E-state index contributed by atoms with van der Waals surface area (Å²) < 4.78 is 12.3. The van der Waals surface area contributed by atoms with Gasteiger partial charge >= 0.3 is 5.97 Å². The molecule has 0 saturated carbocycles. The Hall–Kier alpha value is -1.43. The highest BCUT2D eigenvalue weighted by atomic mass is 16.5. The van der Waals surface area contributed by atoms with Gasteiger partial charge < -0.3 is 9.47 Å². The first kappa shape index (κ1) is 13.0. The maximum absolute atomic E-state index is 11.6. The molecule has 6 nitrogen and oxygen atoms in total. The molecule has 6 heteroatoms. The molecule has 18 heavy (non-hydrogen) atoms. The molecule has 1 fully saturated rings. The van der Waals surface area contributed by atoms with Gasteiger partial charge in [-0.2, -0.15) is 0 Å². The van der Waals surface area contributed by atoms with Crippen LogP contribution in [0.25, 0.3) is 0 Å². The van der Waals surface area contributed by atoms with E-state index in [1.165, 1.54) is 6.42 Å². The van der Waals surface area contributed by atoms with E-state index in [0.29, 0.717) is 18.8 Å². The van der Waals surface area contributed by atoms with E-state index in [-0.39, 0.29) is 6.10 Å². The van der Waals surface area contributed by atoms with Crippen LogP contribution < -0.4 is 0 Å². The number of ether oxygens (including phenoxy) is 2. The van der Waals surface area contributed by atoms with E-state index in [0.717, 1.165) is 25.1 Å². The third-order valence-corrected chi connectivity index (χ3v) is 3.10. The van der Waals surface area contributed by atoms with Crippen molar-refractivity contribution in [2.75, 3.05) is 13.2 Å². The summed E-state index contributed by atoms with van der Waals surface area (Å²) in [7, 11) is 0. The van der Waals surface area contributed by atoms with Gasteiger partial charge in [0.1, 0.15) is 0 Å². The molecule has 1 aliphatic rings. The molecule has 1 unspecified atom stereocenters. The standard InChI is InChI=1S/C12H19N3O3/c1-3-17-12(16)11-9(2)15(14-13-11)8-10-6-4-5-7-18-10/h10H,3-8H2,1-2H3. The van der Waals surface area contributed by atoms with E-state index in [2.05, 4.69) is 10.3 Å². The van der Waals surface area contributed by atoms with Crippen LogP contribution in [0.1, 0.15) is 42.4 Å². The van der Waals surface area contributed by atoms with Crippen molar-refractivity contribution < 1.29 is 14.3 Å². The molecule has 0 aliphatic carbocycles. The van der Waals surface area contributed by atoms with Crippen LogP contribution in [0, 0.1) is 6.92 Å². The van der Waals surface area contributed by atoms with Crippen LogP contribution in [0.4, 0.5) is 0 Å². The first-order valence-electron chi connectivity index (χ1n) is 6.41. The molecule has 0 radical (unpaired) electrons. The van der Waals surface area contributed by atoms with Crippen LogP contribution in [0.3, 0.4) is 0 Å². The Morgan fingerprint density at radius 1 is 1.56 bits per heavy atom. The zero-order valence-electron chi connectivity index (χ0n) is 10.9. The van der Waals surface area contributed by atoms with Crippen molar-refractivity contribution in [3.63, 3.8) is 0 Å². The first-order valence-corrected chi connectivity index (χ1v) is 6.41. The normalized spacial score (nSPS) is 19.8. The molecular formula is C12H19N3O3. The number of hydrogen-bond donors (Lipinski definition) is 0. The van der Waals surface area contributed by atoms with Crippen LogP contribution in [0.2, 0.25) is 0 Å². The van der Waals surface area contributed by atoms with Gasteiger partial charge in [0.15, 0.2) is 5.69 Å². The van der Waals surface area contributed by atoms with Gasteiger partial charge in [0.05, 0.1) is 24.9 Å². The van der Waals surface area contributed by atoms with Crippen molar-refractivity contribution in [3.05, 3.63) is 11.4 Å². The number of rotatable bonds is 4. The van der Waals surface area contributed by atoms with Gasteiger partial charge in [-0.1, -0.05) is 5.21 Å². The van der Waals surface area contributed by atoms with Crippen molar-refractivity contribution in [2.24, 2.45) is 0 Å². The Balaban J connectivity index is 2.03. The predicted molar refractivity (Wildman–Crippen MR) is 64.3 cm³/mol. The minimum atomic E-state index is -0.411. The van der Waals surface area contributed by atoms with Crippen LogP contribution in [0.15, 0.2) is 0 Å². The summed E-state index contributed by atoms with van der Waals surface area (Å²) in [4.78, 5) is 11.6. The summed E-state index contributed by atoms with van der Waals surface area (Å²) in [6, 6.07) is 0. The fraction of sp³-hybridized carbons (Fsp3) is 0.750. The topological polar surface area (TPSA) is 66.2 Å². The second-order valence-corrected chi connectivity index (χ2v) is 4.41. The highest BCUT2D eigenvalue weighted by Gasteiger charge is 2.21. The lowest BCUT2D eigenvalue weighted by Crippen LogP contribution is -2.25. The molecule has 0 spiro atoms. The summed E-state index contributed by atoms with van der Waals surface area (Å²) in [6.45, 7) is 5.40. The molecular weight excluding hydrogens is 234 g/mol. The SMILES string of the molecule is CCOC(=O)c1nnn(CC2CCCCO2)c1C. The van der Waals surface area contributed by atoms with Crippen molar-refractivity contribution in [1.82, 2.24) is 15.0 Å². The minimum Gasteiger partial charge on any atom is -0.461 e. The number of nitrogens with zero attached hydrogens (tertiary/aromatic N) is 3. The molecule has 2 heterocycles. The number of esters is 1. The Kier molecular flexibility index (Phi) is 4.30. The Morgan fingerprint density at radius 3 is 3.06 bits per heavy atom. The molecule has 0 N–H and O–H groups in total. The highest BCUT2D eigenvalue weighted by molar-refractivity contribution is 5.88. The van der Waals surface area contributed by atoms with Gasteiger partial charge in [-0.3, -0.25) is 0 Å². The largest absolute Gasteiger partial charge is 0.461 e. The number of hydrogen-bond acceptors (Lipinski definition) is 5. The minimum absolute atomic E-state index is 0.175. The van der Waals surface area contributed by atoms with Crippen LogP contribution in [-0.2, 0) is 16.0 Å². The number of aromatic nitrogens is 3. The van der Waals surface area contributed by atoms with E-state index in [1.807, 2.05) is 6.92 Å². The summed E-state index contributed by atoms with van der Waals surface area (Å²) >= 11 is 0. The van der Waals surface area contributed by atoms with Gasteiger partial charge in [0.2, 0.25) is 0 Å². The van der Waals surface area contributed by atoms with Crippen LogP contribution in [0.5, 0.6) is 0 Å². The second kappa shape index (κ2) is 5.95. The molecule has 1 saturated heterocycles. The zero-order valence-corrected chi connectivity index (χ0v) is 10.9. The quantitative estimate of drug-likeness (QED) is 0.757. The molecule has 0 aromatic carbocycles. The molecule has 1 aromatic rings. The third kappa shape index (κ3) is 2.87. The summed E-state index contributed by atoms with van der Waals surface area (Å²) in [5, 5.41) is 7.88. The smallest absolute Gasteiger partial charge is 0.360 e. The lowest BCUT2D eigenvalue weighted by atomic mass is 10.1. The summed E-state index contributed by atoms with van der Waals surface area (Å²) in [5.41, 5.74) is 1.04. The van der Waals surface area contributed by atoms with Gasteiger partial charge in [0.25, 0.3) is 0 Å². The molecule has 1 atom stereocenters. The molecule has 0 bridgehead atoms. The van der Waals surface area contributed by atoms with Crippen molar-refractivity contribution in [1.29, 1.82) is 0 Å². The van der Waals surface area contributed by atoms with Crippen molar-refractivity contribution in [3.8, 4) is 0 Å². The average Bonchev–Trinajstić information content (AvgIpc) is 2.73. The summed E-state index contributed by atoms with van der Waals surface area (Å²) in [6.07, 6.45) is 3.52. The van der Waals surface area contributed by atoms with Crippen LogP contribution in [-0.4, -0.2) is 40.3 Å². The Labute approximate surface area is 106 Å². The van der Waals surface area contributed by atoms with E-state index in [1.54, 1.807) is 11.6 Å². The average molecular weight is 253 g/mol. The van der Waals surface area contributed by atoms with E-state index >= 15 is 0 Å². The molecule has 1 aliphatic heterocycles. The maximum atomic E-state index is 11.6. The Bertz CT molecular complexity index is 411. The third-order valence-electron chi connectivity index (χ3n) is 3.10. The molecule has 100 valence electrons. The molecule has 2 rings (SSSR count). The van der Waals surface area contributed by atoms with Crippen LogP contribution >= 0.6 is 0 Å². The predicted octanol–water partition coefficient (Wildman–Crippen LogP) is 1.33. The molecule has 1 aromatic heterocycles. The van der Waals surface area contributed by atoms with E-state index in [9.17, 15) is 4.79 Å².